The number of hydrogen-bond donors (Lipinski definition) is 5. The molecule has 442 valence electrons. The first-order valence-electron chi connectivity index (χ1n) is 28.1. The fourth-order valence-corrected chi connectivity index (χ4v) is 11.6. The number of fused-ring (bicyclic) bond motifs is 1. The highest BCUT2D eigenvalue weighted by atomic mass is 32.1. The minimum Gasteiger partial charge on any atom is -0.480 e. The number of halogens is 4. The van der Waals surface area contributed by atoms with Gasteiger partial charge in [0.25, 0.3) is 17.4 Å². The van der Waals surface area contributed by atoms with Crippen molar-refractivity contribution in [3.05, 3.63) is 194 Å². The van der Waals surface area contributed by atoms with Crippen LogP contribution >= 0.6 is 11.5 Å². The third kappa shape index (κ3) is 17.0. The molecule has 3 heterocycles. The maximum absolute atomic E-state index is 13.9. The third-order valence-electron chi connectivity index (χ3n) is 14.6. The Balaban J connectivity index is 0.000000244. The molecule has 1 fully saturated rings. The van der Waals surface area contributed by atoms with Crippen molar-refractivity contribution in [3.63, 3.8) is 0 Å². The molecule has 2 amide bonds. The van der Waals surface area contributed by atoms with Crippen LogP contribution in [-0.2, 0) is 42.4 Å². The molecule has 1 saturated heterocycles. The summed E-state index contributed by atoms with van der Waals surface area (Å²) < 4.78 is 65.2. The molecule has 15 nitrogen and oxygen atoms in total. The Morgan fingerprint density at radius 1 is 0.735 bits per heavy atom. The number of hydrogen-bond acceptors (Lipinski definition) is 11. The molecular formula is C63H74F4N8O7S. The van der Waals surface area contributed by atoms with Crippen LogP contribution in [0.15, 0.2) is 120 Å². The predicted molar refractivity (Wildman–Crippen MR) is 316 cm³/mol. The number of anilines is 1. The van der Waals surface area contributed by atoms with E-state index in [1.165, 1.54) is 39.9 Å². The number of carbonyl (C=O) groups excluding carboxylic acids is 3. The Morgan fingerprint density at radius 3 is 1.94 bits per heavy atom. The van der Waals surface area contributed by atoms with Gasteiger partial charge in [-0.3, -0.25) is 14.4 Å². The van der Waals surface area contributed by atoms with Gasteiger partial charge in [0, 0.05) is 88.2 Å². The number of likely N-dealkylation sites (tertiary alicyclic amines) is 1. The van der Waals surface area contributed by atoms with Gasteiger partial charge in [-0.2, -0.15) is 0 Å². The van der Waals surface area contributed by atoms with Crippen molar-refractivity contribution in [2.45, 2.75) is 103 Å². The molecule has 1 unspecified atom stereocenters. The molecule has 7 N–H and O–H groups in total. The van der Waals surface area contributed by atoms with Gasteiger partial charge in [-0.1, -0.05) is 68.7 Å². The number of nitrogens with two attached hydrogens (primary N) is 2. The van der Waals surface area contributed by atoms with Gasteiger partial charge >= 0.3 is 11.9 Å². The van der Waals surface area contributed by atoms with Crippen molar-refractivity contribution in [2.75, 3.05) is 44.6 Å². The number of aliphatic carboxylic acids is 1. The zero-order valence-electron chi connectivity index (χ0n) is 47.5. The molecule has 1 aliphatic rings. The van der Waals surface area contributed by atoms with Crippen LogP contribution in [0.2, 0.25) is 0 Å². The van der Waals surface area contributed by atoms with Gasteiger partial charge in [-0.05, 0) is 140 Å². The third-order valence-corrected chi connectivity index (χ3v) is 15.7. The molecule has 2 aromatic heterocycles. The van der Waals surface area contributed by atoms with Crippen LogP contribution in [0.5, 0.6) is 0 Å². The summed E-state index contributed by atoms with van der Waals surface area (Å²) in [4.78, 5) is 69.2. The second-order valence-corrected chi connectivity index (χ2v) is 22.2. The van der Waals surface area contributed by atoms with E-state index in [-0.39, 0.29) is 43.3 Å². The zero-order chi connectivity index (χ0) is 59.9. The van der Waals surface area contributed by atoms with E-state index in [1.54, 1.807) is 72.1 Å². The second kappa shape index (κ2) is 29.5. The highest BCUT2D eigenvalue weighted by Gasteiger charge is 2.37. The van der Waals surface area contributed by atoms with Gasteiger partial charge in [0.05, 0.1) is 27.9 Å². The summed E-state index contributed by atoms with van der Waals surface area (Å²) in [6.45, 7) is 11.2. The molecule has 0 saturated carbocycles. The van der Waals surface area contributed by atoms with Crippen LogP contribution < -0.4 is 27.7 Å². The number of carbonyl (C=O) groups is 4. The number of benzene rings is 5. The highest BCUT2D eigenvalue weighted by Crippen LogP contribution is 2.29. The Labute approximate surface area is 485 Å². The molecule has 0 bridgehead atoms. The minimum absolute atomic E-state index is 0.0301. The maximum atomic E-state index is 13.9. The topological polar surface area (TPSA) is 207 Å². The van der Waals surface area contributed by atoms with Gasteiger partial charge in [0.2, 0.25) is 0 Å². The van der Waals surface area contributed by atoms with Crippen molar-refractivity contribution >= 4 is 51.1 Å². The normalized spacial score (nSPS) is 14.1. The molecule has 8 rings (SSSR count). The second-order valence-electron chi connectivity index (χ2n) is 21.2. The Morgan fingerprint density at radius 2 is 1.34 bits per heavy atom. The summed E-state index contributed by atoms with van der Waals surface area (Å²) in [5.74, 6) is -5.78. The fraction of sp³-hybridized carbons (Fsp3) is 0.381. The standard InChI is InChI=1S/C35H45F2N5O4.C28H29F2N3O3S/c1-5-9-41(10-6-2)33(43)25-13-23(3)14-26(18-25)35(45)46-32(30(38)17-24-15-27(36)19-28(37)16-24)21-39-29-20-31(40(4)22-29)34(44)42-11-7-8-12-42;1-2-17-6-5-7-18(10-17)15-32-16-23(24(31)13-19-11-20(29)14-21(30)12-19)26(28(35)36)33-27(34)22-8-3-4-9-25(22)37-33/h13-16,18-20,22,30,32,39H,5-12,17,21,38H2,1-4H3;3-12,14,23-24,26,32H,2,13,15-16,31H2,1H3,(H,35,36)/t30-,32+;23-,24?,26+/m01/s1. The predicted octanol–water partition coefficient (Wildman–Crippen LogP) is 9.82. The van der Waals surface area contributed by atoms with E-state index >= 15 is 0 Å². The first-order chi connectivity index (χ1) is 39.7. The number of carboxylic acids is 1. The first-order valence-corrected chi connectivity index (χ1v) is 28.9. The Hall–Kier alpha value is -7.65. The summed E-state index contributed by atoms with van der Waals surface area (Å²) in [5.41, 5.74) is 18.0. The van der Waals surface area contributed by atoms with Crippen LogP contribution in [0.3, 0.4) is 0 Å². The van der Waals surface area contributed by atoms with E-state index in [4.69, 9.17) is 16.2 Å². The lowest BCUT2D eigenvalue weighted by Gasteiger charge is -2.30. The number of amides is 2. The number of carboxylic acid groups (broad SMARTS) is 1. The average molecular weight is 1160 g/mol. The van der Waals surface area contributed by atoms with Crippen molar-refractivity contribution < 1.29 is 46.6 Å². The van der Waals surface area contributed by atoms with Gasteiger partial charge in [-0.15, -0.1) is 0 Å². The summed E-state index contributed by atoms with van der Waals surface area (Å²) in [5, 5.41) is 17.2. The average Bonchev–Trinajstić information content (AvgIpc) is 4.42. The van der Waals surface area contributed by atoms with E-state index in [2.05, 4.69) is 23.6 Å². The molecule has 0 radical (unpaired) electrons. The van der Waals surface area contributed by atoms with E-state index in [0.717, 1.165) is 80.0 Å². The van der Waals surface area contributed by atoms with Crippen LogP contribution in [0.4, 0.5) is 23.2 Å². The van der Waals surface area contributed by atoms with Crippen LogP contribution in [0.1, 0.15) is 112 Å². The lowest BCUT2D eigenvalue weighted by molar-refractivity contribution is -0.142. The molecule has 83 heavy (non-hydrogen) atoms. The van der Waals surface area contributed by atoms with Crippen LogP contribution in [0, 0.1) is 36.1 Å². The van der Waals surface area contributed by atoms with E-state index in [9.17, 15) is 46.6 Å². The van der Waals surface area contributed by atoms with Gasteiger partial charge in [0.1, 0.15) is 35.1 Å². The van der Waals surface area contributed by atoms with Gasteiger partial charge < -0.3 is 46.3 Å². The van der Waals surface area contributed by atoms with E-state index in [1.807, 2.05) is 36.9 Å². The van der Waals surface area contributed by atoms with Crippen LogP contribution in [0.25, 0.3) is 10.1 Å². The highest BCUT2D eigenvalue weighted by molar-refractivity contribution is 7.14. The molecular weight excluding hydrogens is 1090 g/mol. The number of esters is 1. The molecule has 1 aliphatic heterocycles. The van der Waals surface area contributed by atoms with Crippen LogP contribution in [-0.4, -0.2) is 105 Å². The number of ether oxygens (including phenoxy) is 1. The molecule has 0 aliphatic carbocycles. The number of nitrogens with one attached hydrogen (secondary N) is 2. The van der Waals surface area contributed by atoms with Crippen molar-refractivity contribution in [1.29, 1.82) is 0 Å². The molecule has 7 aromatic rings. The lowest BCUT2D eigenvalue weighted by atomic mass is 9.87. The Bertz CT molecular complexity index is 3390. The monoisotopic (exact) mass is 1160 g/mol. The molecule has 0 spiro atoms. The fourth-order valence-electron chi connectivity index (χ4n) is 10.5. The molecule has 5 atom stereocenters. The zero-order valence-corrected chi connectivity index (χ0v) is 48.3. The van der Waals surface area contributed by atoms with E-state index < -0.39 is 70.9 Å². The SMILES string of the molecule is CCCN(CCC)C(=O)c1cc(C)cc(C(=O)O[C@H](CNc2cc(C(=O)N3CCCC3)n(C)c2)[C@@H](N)Cc2cc(F)cc(F)c2)c1.CCc1cccc(CNC[C@H](C(N)Cc2cc(F)cc(F)c2)[C@@H](C(=O)O)n2sc3ccccc3c2=O)c1. The van der Waals surface area contributed by atoms with Gasteiger partial charge in [0.15, 0.2) is 6.04 Å². The molecule has 5 aromatic carbocycles. The van der Waals surface area contributed by atoms with Crippen molar-refractivity contribution in [2.24, 2.45) is 24.4 Å². The summed E-state index contributed by atoms with van der Waals surface area (Å²) >= 11 is 1.07. The number of rotatable bonds is 25. The summed E-state index contributed by atoms with van der Waals surface area (Å²) in [6.07, 6.45) is 5.37. The van der Waals surface area contributed by atoms with Gasteiger partial charge in [-0.25, -0.2) is 31.1 Å². The Kier molecular flexibility index (Phi) is 22.4. The van der Waals surface area contributed by atoms with Crippen molar-refractivity contribution in [1.82, 2.24) is 23.6 Å². The minimum atomic E-state index is -1.27. The van der Waals surface area contributed by atoms with Crippen molar-refractivity contribution in [3.8, 4) is 0 Å². The molecule has 20 heteroatoms. The largest absolute Gasteiger partial charge is 0.480 e. The number of nitrogens with zero attached hydrogens (tertiary/aromatic N) is 4. The first kappa shape index (κ1) is 62.9. The lowest BCUT2D eigenvalue weighted by Crippen LogP contribution is -2.47. The maximum Gasteiger partial charge on any atom is 0.338 e. The summed E-state index contributed by atoms with van der Waals surface area (Å²) in [7, 11) is 1.79. The number of aryl methyl sites for hydroxylation is 3. The quantitative estimate of drug-likeness (QED) is 0.0269. The van der Waals surface area contributed by atoms with E-state index in [0.29, 0.717) is 57.8 Å². The number of aromatic nitrogens is 2. The summed E-state index contributed by atoms with van der Waals surface area (Å²) in [6, 6.07) is 25.0. The smallest absolute Gasteiger partial charge is 0.338 e.